The fourth-order valence-electron chi connectivity index (χ4n) is 3.50. The Balaban J connectivity index is 1.92. The van der Waals surface area contributed by atoms with E-state index in [0.717, 1.165) is 11.4 Å². The summed E-state index contributed by atoms with van der Waals surface area (Å²) in [6.07, 6.45) is 2.61. The van der Waals surface area contributed by atoms with E-state index in [9.17, 15) is 14.3 Å². The van der Waals surface area contributed by atoms with E-state index in [1.54, 1.807) is 23.1 Å². The van der Waals surface area contributed by atoms with Crippen molar-refractivity contribution in [2.45, 2.75) is 19.4 Å². The summed E-state index contributed by atoms with van der Waals surface area (Å²) in [5, 5.41) is 9.71. The first-order chi connectivity index (χ1) is 12.1. The molecule has 0 spiro atoms. The van der Waals surface area contributed by atoms with Crippen molar-refractivity contribution in [3.8, 4) is 11.4 Å². The van der Waals surface area contributed by atoms with Crippen LogP contribution >= 0.6 is 0 Å². The zero-order valence-corrected chi connectivity index (χ0v) is 13.7. The lowest BCUT2D eigenvalue weighted by atomic mass is 10.0. The Labute approximate surface area is 144 Å². The fourth-order valence-corrected chi connectivity index (χ4v) is 3.50. The molecule has 1 amide bonds. The maximum atomic E-state index is 13.9. The Bertz CT molecular complexity index is 964. The monoisotopic (exact) mass is 336 g/mol. The highest BCUT2D eigenvalue weighted by atomic mass is 19.1. The molecule has 3 aromatic rings. The molecule has 25 heavy (non-hydrogen) atoms. The van der Waals surface area contributed by atoms with Gasteiger partial charge in [-0.25, -0.2) is 4.39 Å². The second-order valence-corrected chi connectivity index (χ2v) is 6.09. The van der Waals surface area contributed by atoms with E-state index < -0.39 is 5.82 Å². The summed E-state index contributed by atoms with van der Waals surface area (Å²) in [6.45, 7) is 2.00. The van der Waals surface area contributed by atoms with Crippen molar-refractivity contribution in [3.05, 3.63) is 77.9 Å². The highest BCUT2D eigenvalue weighted by molar-refractivity contribution is 6.08. The molecular formula is C20H17FN2O2. The van der Waals surface area contributed by atoms with Gasteiger partial charge in [0.25, 0.3) is 5.91 Å². The Kier molecular flexibility index (Phi) is 3.57. The molecule has 0 saturated heterocycles. The van der Waals surface area contributed by atoms with Crippen LogP contribution in [0.25, 0.3) is 5.69 Å². The van der Waals surface area contributed by atoms with Crippen LogP contribution in [0.1, 0.15) is 35.4 Å². The van der Waals surface area contributed by atoms with E-state index >= 15 is 0 Å². The first-order valence-electron chi connectivity index (χ1n) is 8.20. The van der Waals surface area contributed by atoms with E-state index in [4.69, 9.17) is 0 Å². The summed E-state index contributed by atoms with van der Waals surface area (Å²) in [5.41, 5.74) is 2.65. The Morgan fingerprint density at radius 2 is 1.96 bits per heavy atom. The number of benzene rings is 2. The smallest absolute Gasteiger partial charge is 0.259 e. The second-order valence-electron chi connectivity index (χ2n) is 6.09. The van der Waals surface area contributed by atoms with E-state index in [0.29, 0.717) is 17.7 Å². The van der Waals surface area contributed by atoms with Gasteiger partial charge in [-0.05, 0) is 55.0 Å². The van der Waals surface area contributed by atoms with Crippen molar-refractivity contribution in [2.75, 3.05) is 4.90 Å². The number of fused-ring (bicyclic) bond motifs is 3. The van der Waals surface area contributed by atoms with E-state index in [1.807, 2.05) is 29.8 Å². The molecule has 1 aliphatic heterocycles. The molecule has 1 atom stereocenters. The van der Waals surface area contributed by atoms with Crippen molar-refractivity contribution in [3.63, 3.8) is 0 Å². The summed E-state index contributed by atoms with van der Waals surface area (Å²) < 4.78 is 15.9. The lowest BCUT2D eigenvalue weighted by Crippen LogP contribution is -2.39. The minimum atomic E-state index is -0.391. The lowest BCUT2D eigenvalue weighted by Gasteiger charge is -2.38. The molecule has 1 aromatic heterocycles. The van der Waals surface area contributed by atoms with Crippen LogP contribution in [0.15, 0.2) is 60.8 Å². The maximum Gasteiger partial charge on any atom is 0.259 e. The van der Waals surface area contributed by atoms with Crippen LogP contribution in [-0.2, 0) is 0 Å². The van der Waals surface area contributed by atoms with Crippen LogP contribution in [0.3, 0.4) is 0 Å². The normalized spacial score (nSPS) is 15.6. The van der Waals surface area contributed by atoms with Crippen molar-refractivity contribution >= 4 is 11.6 Å². The average molecular weight is 336 g/mol. The third kappa shape index (κ3) is 2.39. The summed E-state index contributed by atoms with van der Waals surface area (Å²) in [7, 11) is 0. The van der Waals surface area contributed by atoms with Crippen LogP contribution < -0.4 is 4.90 Å². The summed E-state index contributed by atoms with van der Waals surface area (Å²) >= 11 is 0. The molecule has 4 rings (SSSR count). The SMILES string of the molecule is CC[C@@H]1c2cccn2-c2ccc(F)cc2N1C(=O)c1cccc(O)c1. The summed E-state index contributed by atoms with van der Waals surface area (Å²) in [5.74, 6) is -0.626. The van der Waals surface area contributed by atoms with Crippen LogP contribution in [-0.4, -0.2) is 15.6 Å². The highest BCUT2D eigenvalue weighted by Crippen LogP contribution is 2.41. The minimum absolute atomic E-state index is 0.0266. The summed E-state index contributed by atoms with van der Waals surface area (Å²) in [4.78, 5) is 14.8. The number of phenols is 1. The van der Waals surface area contributed by atoms with Gasteiger partial charge in [0, 0.05) is 17.5 Å². The molecule has 5 heteroatoms. The molecule has 126 valence electrons. The number of aromatic hydroxyl groups is 1. The van der Waals surface area contributed by atoms with Gasteiger partial charge in [0.2, 0.25) is 0 Å². The van der Waals surface area contributed by atoms with Gasteiger partial charge in [0.1, 0.15) is 11.6 Å². The fraction of sp³-hybridized carbons (Fsp3) is 0.150. The number of amides is 1. The topological polar surface area (TPSA) is 45.5 Å². The van der Waals surface area contributed by atoms with E-state index in [-0.39, 0.29) is 17.7 Å². The number of hydrogen-bond donors (Lipinski definition) is 1. The molecule has 0 radical (unpaired) electrons. The van der Waals surface area contributed by atoms with E-state index in [1.165, 1.54) is 24.3 Å². The van der Waals surface area contributed by atoms with Gasteiger partial charge in [0.05, 0.1) is 17.4 Å². The number of aromatic nitrogens is 1. The van der Waals surface area contributed by atoms with Crippen LogP contribution in [0.5, 0.6) is 5.75 Å². The Hall–Kier alpha value is -3.08. The van der Waals surface area contributed by atoms with Gasteiger partial charge in [-0.2, -0.15) is 0 Å². The molecule has 1 N–H and O–H groups in total. The highest BCUT2D eigenvalue weighted by Gasteiger charge is 2.34. The van der Waals surface area contributed by atoms with Gasteiger partial charge < -0.3 is 9.67 Å². The largest absolute Gasteiger partial charge is 0.508 e. The number of phenolic OH excluding ortho intramolecular Hbond substituents is 1. The predicted molar refractivity (Wildman–Crippen MR) is 93.7 cm³/mol. The van der Waals surface area contributed by atoms with Crippen molar-refractivity contribution < 1.29 is 14.3 Å². The minimum Gasteiger partial charge on any atom is -0.508 e. The van der Waals surface area contributed by atoms with Gasteiger partial charge in [-0.15, -0.1) is 0 Å². The first kappa shape index (κ1) is 15.4. The van der Waals surface area contributed by atoms with Crippen LogP contribution in [0.2, 0.25) is 0 Å². The standard InChI is InChI=1S/C20H17FN2O2/c1-2-16-17-7-4-10-22(17)18-9-8-14(21)12-19(18)23(16)20(25)13-5-3-6-15(24)11-13/h3-12,16,24H,2H2,1H3/t16-/m1/s1. The molecule has 0 unspecified atom stereocenters. The number of carbonyl (C=O) groups excluding carboxylic acids is 1. The number of nitrogens with zero attached hydrogens (tertiary/aromatic N) is 2. The van der Waals surface area contributed by atoms with Crippen molar-refractivity contribution in [2.24, 2.45) is 0 Å². The predicted octanol–water partition coefficient (Wildman–Crippen LogP) is 4.43. The van der Waals surface area contributed by atoms with Gasteiger partial charge in [-0.3, -0.25) is 9.69 Å². The third-order valence-corrected chi connectivity index (χ3v) is 4.59. The van der Waals surface area contributed by atoms with E-state index in [2.05, 4.69) is 0 Å². The van der Waals surface area contributed by atoms with Gasteiger partial charge in [-0.1, -0.05) is 13.0 Å². The maximum absolute atomic E-state index is 13.9. The van der Waals surface area contributed by atoms with Crippen molar-refractivity contribution in [1.82, 2.24) is 4.57 Å². The number of hydrogen-bond acceptors (Lipinski definition) is 2. The Morgan fingerprint density at radius 1 is 1.12 bits per heavy atom. The number of halogens is 1. The number of anilines is 1. The molecule has 2 heterocycles. The first-order valence-corrected chi connectivity index (χ1v) is 8.20. The molecule has 4 nitrogen and oxygen atoms in total. The van der Waals surface area contributed by atoms with Crippen LogP contribution in [0.4, 0.5) is 10.1 Å². The van der Waals surface area contributed by atoms with Gasteiger partial charge >= 0.3 is 0 Å². The molecular weight excluding hydrogens is 319 g/mol. The Morgan fingerprint density at radius 3 is 2.72 bits per heavy atom. The zero-order chi connectivity index (χ0) is 17.6. The molecule has 1 aliphatic rings. The van der Waals surface area contributed by atoms with Crippen molar-refractivity contribution in [1.29, 1.82) is 0 Å². The molecule has 0 fully saturated rings. The number of rotatable bonds is 2. The quantitative estimate of drug-likeness (QED) is 0.752. The molecule has 0 saturated carbocycles. The second kappa shape index (κ2) is 5.77. The zero-order valence-electron chi connectivity index (χ0n) is 13.7. The molecule has 0 bridgehead atoms. The molecule has 0 aliphatic carbocycles. The van der Waals surface area contributed by atoms with Crippen LogP contribution in [0, 0.1) is 5.82 Å². The number of carbonyl (C=O) groups is 1. The lowest BCUT2D eigenvalue weighted by molar-refractivity contribution is 0.0973. The third-order valence-electron chi connectivity index (χ3n) is 4.59. The van der Waals surface area contributed by atoms with Gasteiger partial charge in [0.15, 0.2) is 0 Å². The summed E-state index contributed by atoms with van der Waals surface area (Å²) in [6, 6.07) is 14.4. The molecule has 2 aromatic carbocycles. The average Bonchev–Trinajstić information content (AvgIpc) is 3.09.